The summed E-state index contributed by atoms with van der Waals surface area (Å²) in [5.41, 5.74) is 1.03. The van der Waals surface area contributed by atoms with Crippen molar-refractivity contribution in [1.82, 2.24) is 0 Å². The summed E-state index contributed by atoms with van der Waals surface area (Å²) in [6, 6.07) is 10.6. The number of hydrogen-bond donors (Lipinski definition) is 1. The van der Waals surface area contributed by atoms with Gasteiger partial charge in [-0.05, 0) is 68.9 Å². The molecule has 0 radical (unpaired) electrons. The first-order valence-electron chi connectivity index (χ1n) is 5.19. The van der Waals surface area contributed by atoms with Crippen LogP contribution in [0.25, 0.3) is 0 Å². The van der Waals surface area contributed by atoms with E-state index in [4.69, 9.17) is 23.2 Å². The molecule has 2 rings (SSSR count). The van der Waals surface area contributed by atoms with Crippen molar-refractivity contribution in [3.8, 4) is 0 Å². The van der Waals surface area contributed by atoms with Crippen LogP contribution in [0.2, 0.25) is 10.0 Å². The van der Waals surface area contributed by atoms with Crippen LogP contribution < -0.4 is 5.32 Å². The maximum absolute atomic E-state index is 12.1. The van der Waals surface area contributed by atoms with E-state index in [1.165, 1.54) is 0 Å². The number of halogens is 4. The normalized spacial score (nSPS) is 10.3. The predicted molar refractivity (Wildman–Crippen MR) is 91.3 cm³/mol. The smallest absolute Gasteiger partial charge is 0.257 e. The first kappa shape index (κ1) is 15.1. The Morgan fingerprint density at radius 3 is 2.63 bits per heavy atom. The molecule has 0 unspecified atom stereocenters. The standard InChI is InChI=1S/C13H7BrCl2INO/c14-9-6-7(17)4-5-11(9)18-13(19)8-2-1-3-10(15)12(8)16/h1-6H,(H,18,19). The van der Waals surface area contributed by atoms with Crippen molar-refractivity contribution in [2.75, 3.05) is 5.32 Å². The number of carbonyl (C=O) groups is 1. The van der Waals surface area contributed by atoms with Gasteiger partial charge >= 0.3 is 0 Å². The molecule has 6 heteroatoms. The Kier molecular flexibility index (Phi) is 5.11. The van der Waals surface area contributed by atoms with E-state index in [1.54, 1.807) is 18.2 Å². The van der Waals surface area contributed by atoms with Gasteiger partial charge in [-0.25, -0.2) is 0 Å². The van der Waals surface area contributed by atoms with E-state index in [-0.39, 0.29) is 10.9 Å². The minimum atomic E-state index is -0.297. The molecule has 0 spiro atoms. The van der Waals surface area contributed by atoms with Crippen molar-refractivity contribution in [3.63, 3.8) is 0 Å². The monoisotopic (exact) mass is 469 g/mol. The van der Waals surface area contributed by atoms with Crippen LogP contribution in [0, 0.1) is 3.57 Å². The number of nitrogens with one attached hydrogen (secondary N) is 1. The Morgan fingerprint density at radius 1 is 1.21 bits per heavy atom. The third-order valence-electron chi connectivity index (χ3n) is 2.38. The minimum Gasteiger partial charge on any atom is -0.321 e. The van der Waals surface area contributed by atoms with Gasteiger partial charge in [-0.2, -0.15) is 0 Å². The second kappa shape index (κ2) is 6.43. The summed E-state index contributed by atoms with van der Waals surface area (Å²) < 4.78 is 1.88. The van der Waals surface area contributed by atoms with Gasteiger partial charge in [-0.3, -0.25) is 4.79 Å². The van der Waals surface area contributed by atoms with Crippen LogP contribution in [-0.4, -0.2) is 5.91 Å². The van der Waals surface area contributed by atoms with Crippen LogP contribution >= 0.6 is 61.7 Å². The second-order valence-corrected chi connectivity index (χ2v) is 6.56. The first-order valence-corrected chi connectivity index (χ1v) is 7.82. The zero-order chi connectivity index (χ0) is 14.0. The molecule has 0 aliphatic rings. The van der Waals surface area contributed by atoms with Crippen LogP contribution in [0.5, 0.6) is 0 Å². The van der Waals surface area contributed by atoms with Gasteiger partial charge in [0.15, 0.2) is 0 Å². The summed E-state index contributed by atoms with van der Waals surface area (Å²) in [7, 11) is 0. The van der Waals surface area contributed by atoms with Crippen molar-refractivity contribution < 1.29 is 4.79 Å². The van der Waals surface area contributed by atoms with Gasteiger partial charge in [0.05, 0.1) is 21.3 Å². The summed E-state index contributed by atoms with van der Waals surface area (Å²) in [5, 5.41) is 3.40. The van der Waals surface area contributed by atoms with Crippen molar-refractivity contribution in [2.24, 2.45) is 0 Å². The van der Waals surface area contributed by atoms with Crippen LogP contribution in [0.3, 0.4) is 0 Å². The molecule has 2 aromatic rings. The van der Waals surface area contributed by atoms with Crippen LogP contribution in [0.15, 0.2) is 40.9 Å². The maximum Gasteiger partial charge on any atom is 0.257 e. The Labute approximate surface area is 142 Å². The summed E-state index contributed by atoms with van der Waals surface area (Å²) >= 11 is 17.5. The molecule has 0 aromatic heterocycles. The lowest BCUT2D eigenvalue weighted by atomic mass is 10.2. The molecule has 0 aliphatic carbocycles. The molecule has 2 nitrogen and oxygen atoms in total. The second-order valence-electron chi connectivity index (χ2n) is 3.68. The molecule has 0 saturated heterocycles. The van der Waals surface area contributed by atoms with Crippen molar-refractivity contribution in [1.29, 1.82) is 0 Å². The summed E-state index contributed by atoms with van der Waals surface area (Å²) in [6.07, 6.45) is 0. The highest BCUT2D eigenvalue weighted by molar-refractivity contribution is 14.1. The minimum absolute atomic E-state index is 0.253. The van der Waals surface area contributed by atoms with E-state index in [0.717, 1.165) is 8.04 Å². The summed E-state index contributed by atoms with van der Waals surface area (Å²) in [6.45, 7) is 0. The number of anilines is 1. The van der Waals surface area contributed by atoms with E-state index in [1.807, 2.05) is 18.2 Å². The zero-order valence-electron chi connectivity index (χ0n) is 9.38. The number of carbonyl (C=O) groups excluding carboxylic acids is 1. The Hall–Kier alpha value is -0.300. The third kappa shape index (κ3) is 3.62. The highest BCUT2D eigenvalue weighted by atomic mass is 127. The van der Waals surface area contributed by atoms with Crippen molar-refractivity contribution in [3.05, 3.63) is 60.0 Å². The molecular formula is C13H7BrCl2INO. The van der Waals surface area contributed by atoms with Crippen LogP contribution in [0.4, 0.5) is 5.69 Å². The molecule has 0 heterocycles. The van der Waals surface area contributed by atoms with Crippen LogP contribution in [-0.2, 0) is 0 Å². The SMILES string of the molecule is O=C(Nc1ccc(I)cc1Br)c1cccc(Cl)c1Cl. The van der Waals surface area contributed by atoms with E-state index in [0.29, 0.717) is 16.3 Å². The maximum atomic E-state index is 12.1. The quantitative estimate of drug-likeness (QED) is 0.568. The number of benzene rings is 2. The zero-order valence-corrected chi connectivity index (χ0v) is 14.6. The molecule has 1 amide bonds. The molecule has 98 valence electrons. The summed E-state index contributed by atoms with van der Waals surface area (Å²) in [5.74, 6) is -0.297. The highest BCUT2D eigenvalue weighted by Crippen LogP contribution is 2.28. The van der Waals surface area contributed by atoms with Gasteiger partial charge in [-0.15, -0.1) is 0 Å². The Balaban J connectivity index is 2.28. The molecule has 0 fully saturated rings. The molecule has 19 heavy (non-hydrogen) atoms. The average Bonchev–Trinajstić information content (AvgIpc) is 2.36. The fourth-order valence-corrected chi connectivity index (χ4v) is 3.24. The molecule has 0 bridgehead atoms. The van der Waals surface area contributed by atoms with Gasteiger partial charge in [0.2, 0.25) is 0 Å². The lowest BCUT2D eigenvalue weighted by Crippen LogP contribution is -2.13. The highest BCUT2D eigenvalue weighted by Gasteiger charge is 2.13. The van der Waals surface area contributed by atoms with Gasteiger partial charge in [0.25, 0.3) is 5.91 Å². The fourth-order valence-electron chi connectivity index (χ4n) is 1.46. The third-order valence-corrected chi connectivity index (χ3v) is 4.52. The molecule has 0 aliphatic heterocycles. The Bertz CT molecular complexity index is 649. The van der Waals surface area contributed by atoms with E-state index < -0.39 is 0 Å². The number of rotatable bonds is 2. The number of amides is 1. The molecule has 1 N–H and O–H groups in total. The lowest BCUT2D eigenvalue weighted by molar-refractivity contribution is 0.102. The molecule has 2 aromatic carbocycles. The largest absolute Gasteiger partial charge is 0.321 e. The summed E-state index contributed by atoms with van der Waals surface area (Å²) in [4.78, 5) is 12.1. The lowest BCUT2D eigenvalue weighted by Gasteiger charge is -2.09. The first-order chi connectivity index (χ1) is 8.99. The number of hydrogen-bond acceptors (Lipinski definition) is 1. The molecule has 0 saturated carbocycles. The van der Waals surface area contributed by atoms with Gasteiger partial charge in [-0.1, -0.05) is 29.3 Å². The molecular weight excluding hydrogens is 464 g/mol. The van der Waals surface area contributed by atoms with E-state index in [2.05, 4.69) is 43.8 Å². The topological polar surface area (TPSA) is 29.1 Å². The van der Waals surface area contributed by atoms with Crippen LogP contribution in [0.1, 0.15) is 10.4 Å². The van der Waals surface area contributed by atoms with Gasteiger partial charge in [0, 0.05) is 8.04 Å². The van der Waals surface area contributed by atoms with Crippen molar-refractivity contribution in [2.45, 2.75) is 0 Å². The Morgan fingerprint density at radius 2 is 1.95 bits per heavy atom. The van der Waals surface area contributed by atoms with Gasteiger partial charge < -0.3 is 5.32 Å². The van der Waals surface area contributed by atoms with Crippen molar-refractivity contribution >= 4 is 73.3 Å². The molecule has 0 atom stereocenters. The predicted octanol–water partition coefficient (Wildman–Crippen LogP) is 5.61. The van der Waals surface area contributed by atoms with E-state index >= 15 is 0 Å². The van der Waals surface area contributed by atoms with E-state index in [9.17, 15) is 4.79 Å². The van der Waals surface area contributed by atoms with Gasteiger partial charge in [0.1, 0.15) is 0 Å². The average molecular weight is 471 g/mol. The fraction of sp³-hybridized carbons (Fsp3) is 0.